The number of phenols is 1. The van der Waals surface area contributed by atoms with Crippen LogP contribution in [0.25, 0.3) is 0 Å². The molecule has 20 heavy (non-hydrogen) atoms. The summed E-state index contributed by atoms with van der Waals surface area (Å²) < 4.78 is 39.5. The molecule has 0 bridgehead atoms. The van der Waals surface area contributed by atoms with Gasteiger partial charge in [0.05, 0.1) is 11.7 Å². The van der Waals surface area contributed by atoms with E-state index in [0.717, 1.165) is 11.6 Å². The van der Waals surface area contributed by atoms with Crippen molar-refractivity contribution >= 4 is 5.69 Å². The fourth-order valence-electron chi connectivity index (χ4n) is 1.96. The van der Waals surface area contributed by atoms with E-state index in [4.69, 9.17) is 0 Å². The van der Waals surface area contributed by atoms with Gasteiger partial charge in [-0.15, -0.1) is 0 Å². The Morgan fingerprint density at radius 1 is 1.00 bits per heavy atom. The summed E-state index contributed by atoms with van der Waals surface area (Å²) in [6.07, 6.45) is 0. The molecule has 0 spiro atoms. The number of nitrogens with one attached hydrogen (secondary N) is 1. The molecule has 0 aliphatic heterocycles. The summed E-state index contributed by atoms with van der Waals surface area (Å²) >= 11 is 0. The second kappa shape index (κ2) is 5.45. The highest BCUT2D eigenvalue weighted by molar-refractivity contribution is 5.49. The third-order valence-corrected chi connectivity index (χ3v) is 3.03. The third-order valence-electron chi connectivity index (χ3n) is 3.03. The van der Waals surface area contributed by atoms with Crippen LogP contribution in [0.5, 0.6) is 5.75 Å². The van der Waals surface area contributed by atoms with Crippen LogP contribution < -0.4 is 5.32 Å². The van der Waals surface area contributed by atoms with E-state index in [-0.39, 0.29) is 11.4 Å². The molecule has 0 aliphatic rings. The molecule has 0 saturated heterocycles. The minimum absolute atomic E-state index is 0.0630. The maximum Gasteiger partial charge on any atom is 0.161 e. The molecule has 0 fully saturated rings. The second-order valence-corrected chi connectivity index (χ2v) is 4.67. The fraction of sp³-hybridized carbons (Fsp3) is 0.200. The van der Waals surface area contributed by atoms with E-state index in [0.29, 0.717) is 11.6 Å². The second-order valence-electron chi connectivity index (χ2n) is 4.67. The number of aryl methyl sites for hydroxylation is 1. The third kappa shape index (κ3) is 2.87. The molecule has 0 aliphatic carbocycles. The molecule has 2 nitrogen and oxygen atoms in total. The molecule has 0 amide bonds. The SMILES string of the molecule is Cc1ccc(C(C)Nc2cc(F)c(F)cc2F)c(O)c1. The molecule has 106 valence electrons. The van der Waals surface area contributed by atoms with Crippen molar-refractivity contribution in [2.75, 3.05) is 5.32 Å². The topological polar surface area (TPSA) is 32.3 Å². The Kier molecular flexibility index (Phi) is 3.88. The first-order chi connectivity index (χ1) is 9.38. The van der Waals surface area contributed by atoms with Crippen LogP contribution in [-0.4, -0.2) is 5.11 Å². The Balaban J connectivity index is 2.27. The van der Waals surface area contributed by atoms with Crippen LogP contribution in [0.15, 0.2) is 30.3 Å². The molecular formula is C15H14F3NO. The number of phenolic OH excluding ortho intramolecular Hbond substituents is 1. The Morgan fingerprint density at radius 2 is 1.65 bits per heavy atom. The molecule has 2 rings (SSSR count). The van der Waals surface area contributed by atoms with Gasteiger partial charge >= 0.3 is 0 Å². The van der Waals surface area contributed by atoms with Crippen LogP contribution in [0.3, 0.4) is 0 Å². The lowest BCUT2D eigenvalue weighted by atomic mass is 10.0. The molecule has 2 aromatic carbocycles. The highest BCUT2D eigenvalue weighted by Crippen LogP contribution is 2.29. The number of hydrogen-bond acceptors (Lipinski definition) is 2. The predicted octanol–water partition coefficient (Wildman–Crippen LogP) is 4.29. The van der Waals surface area contributed by atoms with Gasteiger partial charge in [-0.2, -0.15) is 0 Å². The number of benzene rings is 2. The van der Waals surface area contributed by atoms with E-state index in [2.05, 4.69) is 5.32 Å². The van der Waals surface area contributed by atoms with Crippen molar-refractivity contribution in [3.63, 3.8) is 0 Å². The molecule has 5 heteroatoms. The van der Waals surface area contributed by atoms with Gasteiger partial charge in [-0.3, -0.25) is 0 Å². The van der Waals surface area contributed by atoms with Crippen LogP contribution in [-0.2, 0) is 0 Å². The molecule has 0 aromatic heterocycles. The maximum absolute atomic E-state index is 13.5. The van der Waals surface area contributed by atoms with Crippen LogP contribution in [0.2, 0.25) is 0 Å². The minimum Gasteiger partial charge on any atom is -0.508 e. The highest BCUT2D eigenvalue weighted by Gasteiger charge is 2.15. The van der Waals surface area contributed by atoms with Crippen molar-refractivity contribution < 1.29 is 18.3 Å². The van der Waals surface area contributed by atoms with Gasteiger partial charge in [0.25, 0.3) is 0 Å². The Morgan fingerprint density at radius 3 is 2.30 bits per heavy atom. The number of hydrogen-bond donors (Lipinski definition) is 2. The van der Waals surface area contributed by atoms with Gasteiger partial charge in [-0.25, -0.2) is 13.2 Å². The lowest BCUT2D eigenvalue weighted by Gasteiger charge is -2.18. The summed E-state index contributed by atoms with van der Waals surface area (Å²) in [5.41, 5.74) is 1.27. The van der Waals surface area contributed by atoms with Crippen molar-refractivity contribution in [3.05, 3.63) is 58.9 Å². The van der Waals surface area contributed by atoms with Crippen LogP contribution in [0.1, 0.15) is 24.1 Å². The Labute approximate surface area is 114 Å². The normalized spacial score (nSPS) is 12.2. The fourth-order valence-corrected chi connectivity index (χ4v) is 1.96. The zero-order chi connectivity index (χ0) is 14.9. The summed E-state index contributed by atoms with van der Waals surface area (Å²) in [7, 11) is 0. The van der Waals surface area contributed by atoms with Crippen molar-refractivity contribution in [2.24, 2.45) is 0 Å². The molecule has 0 saturated carbocycles. The van der Waals surface area contributed by atoms with E-state index in [9.17, 15) is 18.3 Å². The van der Waals surface area contributed by atoms with Gasteiger partial charge in [-0.05, 0) is 25.5 Å². The average molecular weight is 281 g/mol. The Bertz CT molecular complexity index is 643. The van der Waals surface area contributed by atoms with Gasteiger partial charge in [0.2, 0.25) is 0 Å². The summed E-state index contributed by atoms with van der Waals surface area (Å²) in [6.45, 7) is 3.52. The highest BCUT2D eigenvalue weighted by atomic mass is 19.2. The molecular weight excluding hydrogens is 267 g/mol. The lowest BCUT2D eigenvalue weighted by Crippen LogP contribution is -2.09. The number of rotatable bonds is 3. The molecule has 0 radical (unpaired) electrons. The van der Waals surface area contributed by atoms with E-state index in [1.807, 2.05) is 6.92 Å². The van der Waals surface area contributed by atoms with Crippen molar-refractivity contribution in [1.82, 2.24) is 0 Å². The van der Waals surface area contributed by atoms with Gasteiger partial charge in [0, 0.05) is 17.7 Å². The van der Waals surface area contributed by atoms with E-state index in [1.54, 1.807) is 25.1 Å². The first-order valence-electron chi connectivity index (χ1n) is 6.09. The zero-order valence-electron chi connectivity index (χ0n) is 11.0. The molecule has 1 atom stereocenters. The van der Waals surface area contributed by atoms with E-state index < -0.39 is 23.5 Å². The predicted molar refractivity (Wildman–Crippen MR) is 71.2 cm³/mol. The first-order valence-corrected chi connectivity index (χ1v) is 6.09. The number of halogens is 3. The largest absolute Gasteiger partial charge is 0.508 e. The molecule has 1 unspecified atom stereocenters. The van der Waals surface area contributed by atoms with Crippen molar-refractivity contribution in [2.45, 2.75) is 19.9 Å². The summed E-state index contributed by atoms with van der Waals surface area (Å²) in [4.78, 5) is 0. The van der Waals surface area contributed by atoms with E-state index in [1.165, 1.54) is 0 Å². The molecule has 2 aromatic rings. The summed E-state index contributed by atoms with van der Waals surface area (Å²) in [5, 5.41) is 12.6. The lowest BCUT2D eigenvalue weighted by molar-refractivity contribution is 0.464. The minimum atomic E-state index is -1.24. The quantitative estimate of drug-likeness (QED) is 0.822. The molecule has 2 N–H and O–H groups in total. The summed E-state index contributed by atoms with van der Waals surface area (Å²) in [5.74, 6) is -3.19. The monoisotopic (exact) mass is 281 g/mol. The van der Waals surface area contributed by atoms with E-state index >= 15 is 0 Å². The first kappa shape index (κ1) is 14.2. The van der Waals surface area contributed by atoms with Crippen LogP contribution in [0, 0.1) is 24.4 Å². The van der Waals surface area contributed by atoms with Gasteiger partial charge in [0.15, 0.2) is 11.6 Å². The smallest absolute Gasteiger partial charge is 0.161 e. The van der Waals surface area contributed by atoms with Gasteiger partial charge in [0.1, 0.15) is 11.6 Å². The van der Waals surface area contributed by atoms with Gasteiger partial charge < -0.3 is 10.4 Å². The number of anilines is 1. The van der Waals surface area contributed by atoms with Crippen LogP contribution >= 0.6 is 0 Å². The standard InChI is InChI=1S/C15H14F3NO/c1-8-3-4-10(15(20)5-8)9(2)19-14-7-12(17)11(16)6-13(14)18/h3-7,9,19-20H,1-2H3. The van der Waals surface area contributed by atoms with Crippen molar-refractivity contribution in [3.8, 4) is 5.75 Å². The maximum atomic E-state index is 13.5. The van der Waals surface area contributed by atoms with Crippen LogP contribution in [0.4, 0.5) is 18.9 Å². The zero-order valence-corrected chi connectivity index (χ0v) is 11.0. The van der Waals surface area contributed by atoms with Gasteiger partial charge in [-0.1, -0.05) is 12.1 Å². The number of aromatic hydroxyl groups is 1. The summed E-state index contributed by atoms with van der Waals surface area (Å²) in [6, 6.07) is 5.85. The Hall–Kier alpha value is -2.17. The average Bonchev–Trinajstić information content (AvgIpc) is 2.35. The molecule has 0 heterocycles. The van der Waals surface area contributed by atoms with Crippen molar-refractivity contribution in [1.29, 1.82) is 0 Å².